The third kappa shape index (κ3) is 27.0. The topological polar surface area (TPSA) is 91.4 Å². The van der Waals surface area contributed by atoms with Crippen molar-refractivity contribution >= 4 is 17.9 Å². The van der Waals surface area contributed by atoms with E-state index in [4.69, 9.17) is 18.9 Å². The summed E-state index contributed by atoms with van der Waals surface area (Å²) in [7, 11) is 0. The number of allylic oxidation sites excluding steroid dienone is 8. The molecule has 0 radical (unpaired) electrons. The van der Waals surface area contributed by atoms with Gasteiger partial charge in [-0.25, -0.2) is 0 Å². The molecule has 0 aromatic carbocycles. The van der Waals surface area contributed by atoms with Crippen molar-refractivity contribution in [2.24, 2.45) is 0 Å². The maximum absolute atomic E-state index is 13.0. The number of carbonyl (C=O) groups excluding carboxylic acids is 3. The molecule has 0 aliphatic carbocycles. The van der Waals surface area contributed by atoms with Crippen molar-refractivity contribution in [1.82, 2.24) is 4.90 Å². The first-order valence-electron chi connectivity index (χ1n) is 23.0. The van der Waals surface area contributed by atoms with Gasteiger partial charge in [0.05, 0.1) is 6.61 Å². The maximum atomic E-state index is 13.0. The van der Waals surface area contributed by atoms with Gasteiger partial charge in [-0.05, 0) is 110 Å². The van der Waals surface area contributed by atoms with Gasteiger partial charge >= 0.3 is 17.9 Å². The molecule has 0 saturated carbocycles. The van der Waals surface area contributed by atoms with Crippen molar-refractivity contribution in [3.05, 3.63) is 48.6 Å². The van der Waals surface area contributed by atoms with Crippen LogP contribution in [0, 0.1) is 0 Å². The molecule has 0 bridgehead atoms. The Kier molecular flexibility index (Phi) is 31.3. The van der Waals surface area contributed by atoms with Gasteiger partial charge in [0.2, 0.25) is 0 Å². The van der Waals surface area contributed by atoms with E-state index in [1.165, 1.54) is 57.8 Å². The molecular formula is C48H81NO7. The summed E-state index contributed by atoms with van der Waals surface area (Å²) < 4.78 is 23.2. The lowest BCUT2D eigenvalue weighted by molar-refractivity contribution is -0.168. The van der Waals surface area contributed by atoms with E-state index in [1.54, 1.807) is 0 Å². The smallest absolute Gasteiger partial charge is 0.306 e. The molecule has 2 fully saturated rings. The monoisotopic (exact) mass is 784 g/mol. The van der Waals surface area contributed by atoms with Crippen LogP contribution in [0.25, 0.3) is 0 Å². The van der Waals surface area contributed by atoms with Crippen LogP contribution in [-0.4, -0.2) is 74.0 Å². The van der Waals surface area contributed by atoms with Gasteiger partial charge in [0.1, 0.15) is 12.7 Å². The molecule has 0 N–H and O–H groups in total. The van der Waals surface area contributed by atoms with Crippen molar-refractivity contribution < 1.29 is 33.3 Å². The minimum absolute atomic E-state index is 0.0247. The quantitative estimate of drug-likeness (QED) is 0.0272. The van der Waals surface area contributed by atoms with Crippen LogP contribution >= 0.6 is 0 Å². The van der Waals surface area contributed by atoms with Crippen LogP contribution in [0.4, 0.5) is 0 Å². The molecule has 2 rings (SSSR count). The summed E-state index contributed by atoms with van der Waals surface area (Å²) in [5.41, 5.74) is 0. The second-order valence-corrected chi connectivity index (χ2v) is 15.8. The van der Waals surface area contributed by atoms with Crippen molar-refractivity contribution in [2.45, 2.75) is 206 Å². The summed E-state index contributed by atoms with van der Waals surface area (Å²) in [6, 6.07) is 0. The van der Waals surface area contributed by atoms with Crippen LogP contribution in [0.1, 0.15) is 187 Å². The van der Waals surface area contributed by atoms with Gasteiger partial charge in [-0.15, -0.1) is 0 Å². The highest BCUT2D eigenvalue weighted by molar-refractivity contribution is 5.71. The zero-order chi connectivity index (χ0) is 40.2. The molecule has 2 aliphatic rings. The summed E-state index contributed by atoms with van der Waals surface area (Å²) in [6.07, 6.45) is 43.3. The number of nitrogens with zero attached hydrogens (tertiary/aromatic N) is 1. The van der Waals surface area contributed by atoms with Crippen LogP contribution in [0.5, 0.6) is 0 Å². The third-order valence-electron chi connectivity index (χ3n) is 10.6. The Morgan fingerprint density at radius 3 is 1.61 bits per heavy atom. The Labute approximate surface area is 342 Å². The van der Waals surface area contributed by atoms with E-state index in [9.17, 15) is 14.4 Å². The largest absolute Gasteiger partial charge is 0.463 e. The second kappa shape index (κ2) is 35.5. The first-order valence-corrected chi connectivity index (χ1v) is 23.0. The molecule has 2 aliphatic heterocycles. The summed E-state index contributed by atoms with van der Waals surface area (Å²) in [5, 5.41) is 0. The molecule has 8 nitrogen and oxygen atoms in total. The minimum atomic E-state index is -0.790. The molecule has 3 atom stereocenters. The van der Waals surface area contributed by atoms with Gasteiger partial charge in [0.25, 0.3) is 0 Å². The van der Waals surface area contributed by atoms with Gasteiger partial charge in [-0.1, -0.05) is 127 Å². The average Bonchev–Trinajstić information content (AvgIpc) is 3.85. The molecule has 0 aromatic heterocycles. The SMILES string of the molecule is CCCC/C=C\C/C=C\CCCCCCCC(=O)OC1CO[C@H](COC(=O)CCCN2CCCC2)C1OC(=O)CCCCCCC/C=C\C/C=C\CCCCC. The van der Waals surface area contributed by atoms with E-state index < -0.39 is 18.3 Å². The average molecular weight is 784 g/mol. The second-order valence-electron chi connectivity index (χ2n) is 15.8. The van der Waals surface area contributed by atoms with E-state index in [1.807, 2.05) is 0 Å². The van der Waals surface area contributed by atoms with Crippen LogP contribution < -0.4 is 0 Å². The summed E-state index contributed by atoms with van der Waals surface area (Å²) >= 11 is 0. The fourth-order valence-corrected chi connectivity index (χ4v) is 7.15. The number of hydrogen-bond acceptors (Lipinski definition) is 8. The first kappa shape index (κ1) is 49.4. The van der Waals surface area contributed by atoms with E-state index in [2.05, 4.69) is 67.4 Å². The molecule has 320 valence electrons. The van der Waals surface area contributed by atoms with E-state index in [0.717, 1.165) is 116 Å². The lowest BCUT2D eigenvalue weighted by Crippen LogP contribution is -2.40. The number of carbonyl (C=O) groups is 3. The maximum Gasteiger partial charge on any atom is 0.306 e. The predicted octanol–water partition coefficient (Wildman–Crippen LogP) is 11.9. The minimum Gasteiger partial charge on any atom is -0.463 e. The van der Waals surface area contributed by atoms with Crippen LogP contribution in [0.15, 0.2) is 48.6 Å². The van der Waals surface area contributed by atoms with Crippen molar-refractivity contribution in [2.75, 3.05) is 32.8 Å². The molecule has 2 heterocycles. The molecule has 0 spiro atoms. The van der Waals surface area contributed by atoms with Crippen molar-refractivity contribution in [1.29, 1.82) is 0 Å². The van der Waals surface area contributed by atoms with Gasteiger partial charge < -0.3 is 23.8 Å². The molecule has 8 heteroatoms. The third-order valence-corrected chi connectivity index (χ3v) is 10.6. The molecule has 2 saturated heterocycles. The highest BCUT2D eigenvalue weighted by atomic mass is 16.6. The molecule has 0 aromatic rings. The summed E-state index contributed by atoms with van der Waals surface area (Å²) in [5.74, 6) is -0.912. The Morgan fingerprint density at radius 2 is 1.04 bits per heavy atom. The van der Waals surface area contributed by atoms with E-state index in [0.29, 0.717) is 19.3 Å². The normalized spacial score (nSPS) is 19.0. The lowest BCUT2D eigenvalue weighted by Gasteiger charge is -2.23. The first-order chi connectivity index (χ1) is 27.5. The number of ether oxygens (including phenoxy) is 4. The van der Waals surface area contributed by atoms with Gasteiger partial charge in [-0.2, -0.15) is 0 Å². The number of unbranched alkanes of at least 4 members (excludes halogenated alkanes) is 15. The Bertz CT molecular complexity index is 1110. The van der Waals surface area contributed by atoms with Gasteiger partial charge in [0.15, 0.2) is 12.2 Å². The number of likely N-dealkylation sites (tertiary alicyclic amines) is 1. The number of esters is 3. The van der Waals surface area contributed by atoms with Gasteiger partial charge in [0, 0.05) is 19.3 Å². The molecule has 56 heavy (non-hydrogen) atoms. The standard InChI is InChI=1S/C48H81NO7/c1-3-5-7-9-11-13-15-17-19-21-23-25-27-29-31-36-47(52)56-48-43(41-54-45(50)37-34-40-49-38-32-33-39-49)53-42-44(48)55-46(51)35-30-28-26-24-22-20-18-16-14-12-10-8-6-4-2/h10-13,16-19,43-44,48H,3-9,14-15,20-42H2,1-2H3/b12-10-,13-11-,18-16-,19-17-/t43-,44?,48?/m1/s1. The molecular weight excluding hydrogens is 703 g/mol. The van der Waals surface area contributed by atoms with Crippen LogP contribution in [0.3, 0.4) is 0 Å². The zero-order valence-electron chi connectivity index (χ0n) is 35.8. The van der Waals surface area contributed by atoms with E-state index >= 15 is 0 Å². The number of rotatable bonds is 35. The van der Waals surface area contributed by atoms with Crippen molar-refractivity contribution in [3.63, 3.8) is 0 Å². The van der Waals surface area contributed by atoms with Crippen LogP contribution in [0.2, 0.25) is 0 Å². The highest BCUT2D eigenvalue weighted by Gasteiger charge is 2.43. The van der Waals surface area contributed by atoms with Gasteiger partial charge in [-0.3, -0.25) is 14.4 Å². The Hall–Kier alpha value is -2.71. The van der Waals surface area contributed by atoms with E-state index in [-0.39, 0.29) is 31.1 Å². The molecule has 2 unspecified atom stereocenters. The number of hydrogen-bond donors (Lipinski definition) is 0. The highest BCUT2D eigenvalue weighted by Crippen LogP contribution is 2.24. The molecule has 0 amide bonds. The summed E-state index contributed by atoms with van der Waals surface area (Å²) in [6.45, 7) is 7.65. The fourth-order valence-electron chi connectivity index (χ4n) is 7.15. The lowest BCUT2D eigenvalue weighted by atomic mass is 10.1. The van der Waals surface area contributed by atoms with Crippen molar-refractivity contribution in [3.8, 4) is 0 Å². The predicted molar refractivity (Wildman–Crippen MR) is 229 cm³/mol. The summed E-state index contributed by atoms with van der Waals surface area (Å²) in [4.78, 5) is 40.7. The fraction of sp³-hybridized carbons (Fsp3) is 0.771. The Morgan fingerprint density at radius 1 is 0.554 bits per heavy atom. The zero-order valence-corrected chi connectivity index (χ0v) is 35.8. The van der Waals surface area contributed by atoms with Crippen LogP contribution in [-0.2, 0) is 33.3 Å². The Balaban J connectivity index is 1.68.